The van der Waals surface area contributed by atoms with Gasteiger partial charge in [0, 0.05) is 30.8 Å². The molecule has 7 nitrogen and oxygen atoms in total. The van der Waals surface area contributed by atoms with Crippen LogP contribution in [0, 0.1) is 18.2 Å². The van der Waals surface area contributed by atoms with Gasteiger partial charge in [0.15, 0.2) is 11.5 Å². The van der Waals surface area contributed by atoms with Crippen LogP contribution >= 0.6 is 0 Å². The van der Waals surface area contributed by atoms with E-state index in [-0.39, 0.29) is 23.0 Å². The number of nitrogens with two attached hydrogens (primary N) is 2. The summed E-state index contributed by atoms with van der Waals surface area (Å²) >= 11 is 0. The van der Waals surface area contributed by atoms with Gasteiger partial charge in [0.05, 0.1) is 5.69 Å². The van der Waals surface area contributed by atoms with Crippen LogP contribution in [0.25, 0.3) is 11.3 Å². The molecule has 0 spiro atoms. The topological polar surface area (TPSA) is 123 Å². The maximum atomic E-state index is 13.9. The fourth-order valence-electron chi connectivity index (χ4n) is 2.67. The highest BCUT2D eigenvalue weighted by molar-refractivity contribution is 5.96. The molecule has 3 rings (SSSR count). The van der Waals surface area contributed by atoms with Crippen LogP contribution in [-0.4, -0.2) is 46.5 Å². The predicted octanol–water partition coefficient (Wildman–Crippen LogP) is 1.15. The molecule has 1 aliphatic heterocycles. The number of piperidine rings is 1. The van der Waals surface area contributed by atoms with Gasteiger partial charge in [0.1, 0.15) is 11.8 Å². The third-order valence-corrected chi connectivity index (χ3v) is 4.17. The number of primary amides is 1. The lowest BCUT2D eigenvalue weighted by Crippen LogP contribution is -2.41. The Labute approximate surface area is 162 Å². The van der Waals surface area contributed by atoms with Crippen molar-refractivity contribution in [3.8, 4) is 23.6 Å². The molecule has 0 radical (unpaired) electrons. The molecule has 1 aromatic carbocycles. The van der Waals surface area contributed by atoms with E-state index >= 15 is 0 Å². The Balaban J connectivity index is 0.000000261. The predicted molar refractivity (Wildman–Crippen MR) is 103 cm³/mol. The molecule has 5 N–H and O–H groups in total. The standard InChI is InChI=1S/C14H10FN3O.C6H11NO2/c1-2-8-4-3-5-9(6-8)12-10(15)7-11(16)13(18-12)14(17)19;1-7-4-2-3-5(8)6(7)9/h1,3-7H,16H2,(H2,17,19);5,8H,2-4H2,1H3. The van der Waals surface area contributed by atoms with Crippen molar-refractivity contribution in [1.29, 1.82) is 0 Å². The zero-order valence-electron chi connectivity index (χ0n) is 15.4. The summed E-state index contributed by atoms with van der Waals surface area (Å²) in [5, 5.41) is 8.96. The van der Waals surface area contributed by atoms with Gasteiger partial charge in [0.2, 0.25) is 0 Å². The number of carbonyl (C=O) groups is 2. The number of benzene rings is 1. The minimum atomic E-state index is -0.813. The van der Waals surface area contributed by atoms with E-state index in [2.05, 4.69) is 10.9 Å². The molecule has 1 aromatic heterocycles. The Hall–Kier alpha value is -3.44. The number of hydrogen-bond donors (Lipinski definition) is 3. The fourth-order valence-corrected chi connectivity index (χ4v) is 2.67. The Kier molecular flexibility index (Phi) is 6.69. The fraction of sp³-hybridized carbons (Fsp3) is 0.250. The molecule has 0 bridgehead atoms. The maximum Gasteiger partial charge on any atom is 0.269 e. The maximum absolute atomic E-state index is 13.9. The van der Waals surface area contributed by atoms with E-state index in [1.54, 1.807) is 36.2 Å². The van der Waals surface area contributed by atoms with Crippen molar-refractivity contribution in [2.24, 2.45) is 5.73 Å². The number of pyridine rings is 1. The second kappa shape index (κ2) is 8.97. The summed E-state index contributed by atoms with van der Waals surface area (Å²) in [5.74, 6) is 0.846. The van der Waals surface area contributed by atoms with Gasteiger partial charge in [-0.2, -0.15) is 0 Å². The van der Waals surface area contributed by atoms with Crippen molar-refractivity contribution in [1.82, 2.24) is 9.88 Å². The number of anilines is 1. The number of aliphatic hydroxyl groups excluding tert-OH is 1. The summed E-state index contributed by atoms with van der Waals surface area (Å²) < 4.78 is 13.9. The van der Waals surface area contributed by atoms with Crippen molar-refractivity contribution >= 4 is 17.5 Å². The molecule has 2 aromatic rings. The second-order valence-electron chi connectivity index (χ2n) is 6.26. The number of carbonyl (C=O) groups excluding carboxylic acids is 2. The number of terminal acetylenes is 1. The Morgan fingerprint density at radius 2 is 2.14 bits per heavy atom. The van der Waals surface area contributed by atoms with Crippen molar-refractivity contribution in [3.63, 3.8) is 0 Å². The van der Waals surface area contributed by atoms with Crippen LogP contribution in [0.1, 0.15) is 28.9 Å². The highest BCUT2D eigenvalue weighted by Crippen LogP contribution is 2.24. The van der Waals surface area contributed by atoms with Gasteiger partial charge in [-0.15, -0.1) is 6.42 Å². The van der Waals surface area contributed by atoms with Crippen LogP contribution in [0.5, 0.6) is 0 Å². The van der Waals surface area contributed by atoms with Gasteiger partial charge in [-0.1, -0.05) is 18.1 Å². The number of halogens is 1. The first kappa shape index (κ1) is 20.9. The van der Waals surface area contributed by atoms with Crippen LogP contribution in [-0.2, 0) is 4.79 Å². The molecular weight excluding hydrogens is 363 g/mol. The van der Waals surface area contributed by atoms with E-state index in [1.807, 2.05) is 0 Å². The molecule has 1 aliphatic rings. The normalized spacial score (nSPS) is 16.0. The van der Waals surface area contributed by atoms with Crippen molar-refractivity contribution in [2.45, 2.75) is 18.9 Å². The molecule has 1 unspecified atom stereocenters. The molecule has 0 saturated carbocycles. The van der Waals surface area contributed by atoms with Crippen LogP contribution in [0.15, 0.2) is 30.3 Å². The monoisotopic (exact) mass is 384 g/mol. The van der Waals surface area contributed by atoms with Crippen molar-refractivity contribution in [3.05, 3.63) is 47.4 Å². The summed E-state index contributed by atoms with van der Waals surface area (Å²) in [7, 11) is 1.71. The number of likely N-dealkylation sites (tertiary alicyclic amines) is 1. The zero-order valence-corrected chi connectivity index (χ0v) is 15.4. The number of amides is 2. The van der Waals surface area contributed by atoms with Crippen LogP contribution in [0.4, 0.5) is 10.1 Å². The average Bonchev–Trinajstić information content (AvgIpc) is 2.66. The lowest BCUT2D eigenvalue weighted by Gasteiger charge is -2.25. The van der Waals surface area contributed by atoms with E-state index in [9.17, 15) is 14.0 Å². The van der Waals surface area contributed by atoms with Gasteiger partial charge >= 0.3 is 0 Å². The van der Waals surface area contributed by atoms with Crippen LogP contribution < -0.4 is 11.5 Å². The third kappa shape index (κ3) is 4.84. The van der Waals surface area contributed by atoms with E-state index in [0.717, 1.165) is 19.0 Å². The van der Waals surface area contributed by atoms with Gasteiger partial charge < -0.3 is 21.5 Å². The minimum Gasteiger partial charge on any atom is -0.397 e. The average molecular weight is 384 g/mol. The van der Waals surface area contributed by atoms with Gasteiger partial charge in [0.25, 0.3) is 11.8 Å². The highest BCUT2D eigenvalue weighted by atomic mass is 19.1. The molecule has 2 amide bonds. The van der Waals surface area contributed by atoms with Crippen LogP contribution in [0.3, 0.4) is 0 Å². The van der Waals surface area contributed by atoms with Crippen molar-refractivity contribution in [2.75, 3.05) is 19.3 Å². The first-order chi connectivity index (χ1) is 13.2. The minimum absolute atomic E-state index is 0.0138. The number of rotatable bonds is 2. The largest absolute Gasteiger partial charge is 0.397 e. The molecule has 146 valence electrons. The smallest absolute Gasteiger partial charge is 0.269 e. The summed E-state index contributed by atoms with van der Waals surface area (Å²) in [6.45, 7) is 0.788. The molecule has 1 saturated heterocycles. The van der Waals surface area contributed by atoms with Gasteiger partial charge in [-0.3, -0.25) is 9.59 Å². The first-order valence-corrected chi connectivity index (χ1v) is 8.50. The zero-order chi connectivity index (χ0) is 20.8. The Bertz CT molecular complexity index is 928. The van der Waals surface area contributed by atoms with E-state index in [4.69, 9.17) is 23.0 Å². The number of nitrogen functional groups attached to an aromatic ring is 1. The molecule has 0 aliphatic carbocycles. The molecule has 2 heterocycles. The number of aromatic nitrogens is 1. The summed E-state index contributed by atoms with van der Waals surface area (Å²) in [4.78, 5) is 27.4. The Morgan fingerprint density at radius 3 is 2.71 bits per heavy atom. The lowest BCUT2D eigenvalue weighted by atomic mass is 10.1. The summed E-state index contributed by atoms with van der Waals surface area (Å²) in [6, 6.07) is 7.62. The number of nitrogens with zero attached hydrogens (tertiary/aromatic N) is 2. The van der Waals surface area contributed by atoms with Crippen molar-refractivity contribution < 1.29 is 19.1 Å². The number of aliphatic hydroxyl groups is 1. The second-order valence-corrected chi connectivity index (χ2v) is 6.26. The molecule has 1 fully saturated rings. The summed E-state index contributed by atoms with van der Waals surface area (Å²) in [5.41, 5.74) is 11.4. The van der Waals surface area contributed by atoms with Gasteiger partial charge in [-0.05, 0) is 25.0 Å². The Morgan fingerprint density at radius 1 is 1.43 bits per heavy atom. The third-order valence-electron chi connectivity index (χ3n) is 4.17. The molecule has 8 heteroatoms. The lowest BCUT2D eigenvalue weighted by molar-refractivity contribution is -0.142. The SMILES string of the molecule is C#Cc1cccc(-c2nc(C(N)=O)c(N)cc2F)c1.CN1CCCC(O)C1=O. The van der Waals surface area contributed by atoms with E-state index in [1.165, 1.54) is 0 Å². The van der Waals surface area contributed by atoms with E-state index < -0.39 is 17.8 Å². The van der Waals surface area contributed by atoms with Crippen LogP contribution in [0.2, 0.25) is 0 Å². The molecule has 1 atom stereocenters. The summed E-state index contributed by atoms with van der Waals surface area (Å²) in [6.07, 6.45) is 6.09. The molecule has 28 heavy (non-hydrogen) atoms. The quantitative estimate of drug-likeness (QED) is 0.671. The first-order valence-electron chi connectivity index (χ1n) is 8.50. The molecular formula is C20H21FN4O3. The number of likely N-dealkylation sites (N-methyl/N-ethyl adjacent to an activating group) is 1. The van der Waals surface area contributed by atoms with E-state index in [0.29, 0.717) is 17.5 Å². The number of hydrogen-bond acceptors (Lipinski definition) is 5. The van der Waals surface area contributed by atoms with Gasteiger partial charge in [-0.25, -0.2) is 9.37 Å². The highest BCUT2D eigenvalue weighted by Gasteiger charge is 2.23.